The highest BCUT2D eigenvalue weighted by Gasteiger charge is 2.18. The van der Waals surface area contributed by atoms with Crippen LogP contribution in [0.15, 0.2) is 23.0 Å². The van der Waals surface area contributed by atoms with E-state index in [9.17, 15) is 4.79 Å². The number of alkyl halides is 1. The van der Waals surface area contributed by atoms with E-state index in [-0.39, 0.29) is 10.9 Å². The second kappa shape index (κ2) is 5.69. The molecule has 2 heterocycles. The smallest absolute Gasteiger partial charge is 0.260 e. The third-order valence-electron chi connectivity index (χ3n) is 3.58. The molecule has 0 aliphatic rings. The predicted octanol–water partition coefficient (Wildman–Crippen LogP) is 5.22. The van der Waals surface area contributed by atoms with Crippen LogP contribution in [0, 0.1) is 13.8 Å². The summed E-state index contributed by atoms with van der Waals surface area (Å²) in [7, 11) is 0. The number of nitrogens with one attached hydrogen (secondary N) is 1. The lowest BCUT2D eigenvalue weighted by Crippen LogP contribution is -2.11. The lowest BCUT2D eigenvalue weighted by molar-refractivity contribution is 0.917. The summed E-state index contributed by atoms with van der Waals surface area (Å²) in [4.78, 5) is 21.5. The van der Waals surface area contributed by atoms with Crippen molar-refractivity contribution in [2.75, 3.05) is 0 Å². The van der Waals surface area contributed by atoms with Crippen LogP contribution in [0.3, 0.4) is 0 Å². The van der Waals surface area contributed by atoms with Crippen molar-refractivity contribution in [2.24, 2.45) is 0 Å². The normalized spacial score (nSPS) is 12.8. The molecule has 1 unspecified atom stereocenters. The number of nitrogens with zero attached hydrogens (tertiary/aromatic N) is 1. The summed E-state index contributed by atoms with van der Waals surface area (Å²) in [6.07, 6.45) is 0. The maximum Gasteiger partial charge on any atom is 0.260 e. The van der Waals surface area contributed by atoms with Crippen LogP contribution in [0.4, 0.5) is 0 Å². The molecule has 1 N–H and O–H groups in total. The SMILES string of the molecule is Cc1cc(-c2c(C)sc3nc(C(C)Cl)[nH]c(=O)c23)ccc1Cl. The van der Waals surface area contributed by atoms with Gasteiger partial charge in [-0.25, -0.2) is 4.98 Å². The number of fused-ring (bicyclic) bond motifs is 1. The first-order chi connectivity index (χ1) is 10.4. The van der Waals surface area contributed by atoms with Gasteiger partial charge in [0, 0.05) is 15.5 Å². The van der Waals surface area contributed by atoms with E-state index in [0.717, 1.165) is 21.6 Å². The van der Waals surface area contributed by atoms with Crippen molar-refractivity contribution in [3.8, 4) is 11.1 Å². The van der Waals surface area contributed by atoms with Gasteiger partial charge in [0.25, 0.3) is 5.56 Å². The van der Waals surface area contributed by atoms with Crippen LogP contribution < -0.4 is 5.56 Å². The number of halogens is 2. The second-order valence-electron chi connectivity index (χ2n) is 5.24. The molecule has 3 rings (SSSR count). The third-order valence-corrected chi connectivity index (χ3v) is 5.21. The number of H-pyrrole nitrogens is 1. The molecule has 0 saturated carbocycles. The molecular weight excluding hydrogens is 339 g/mol. The Bertz CT molecular complexity index is 928. The Morgan fingerprint density at radius 2 is 2.05 bits per heavy atom. The molecule has 0 radical (unpaired) electrons. The van der Waals surface area contributed by atoms with Gasteiger partial charge in [-0.05, 0) is 44.0 Å². The van der Waals surface area contributed by atoms with Crippen molar-refractivity contribution < 1.29 is 0 Å². The summed E-state index contributed by atoms with van der Waals surface area (Å²) in [5.41, 5.74) is 2.72. The van der Waals surface area contributed by atoms with E-state index in [1.54, 1.807) is 6.92 Å². The molecule has 2 aromatic heterocycles. The van der Waals surface area contributed by atoms with Crippen LogP contribution in [-0.2, 0) is 0 Å². The molecule has 3 nitrogen and oxygen atoms in total. The Morgan fingerprint density at radius 1 is 1.32 bits per heavy atom. The topological polar surface area (TPSA) is 45.8 Å². The second-order valence-corrected chi connectivity index (χ2v) is 7.51. The molecular formula is C16H14Cl2N2OS. The number of hydrogen-bond donors (Lipinski definition) is 1. The number of benzene rings is 1. The Balaban J connectivity index is 2.32. The van der Waals surface area contributed by atoms with Gasteiger partial charge < -0.3 is 4.98 Å². The molecule has 0 saturated heterocycles. The quantitative estimate of drug-likeness (QED) is 0.642. The van der Waals surface area contributed by atoms with Gasteiger partial charge in [-0.2, -0.15) is 0 Å². The van der Waals surface area contributed by atoms with Crippen molar-refractivity contribution in [1.29, 1.82) is 0 Å². The molecule has 0 bridgehead atoms. The molecule has 0 aliphatic heterocycles. The zero-order chi connectivity index (χ0) is 16.0. The fourth-order valence-electron chi connectivity index (χ4n) is 2.47. The van der Waals surface area contributed by atoms with E-state index < -0.39 is 0 Å². The zero-order valence-corrected chi connectivity index (χ0v) is 14.7. The average molecular weight is 353 g/mol. The zero-order valence-electron chi connectivity index (χ0n) is 12.3. The number of aromatic amines is 1. The molecule has 0 fully saturated rings. The first-order valence-electron chi connectivity index (χ1n) is 6.82. The summed E-state index contributed by atoms with van der Waals surface area (Å²) < 4.78 is 0. The van der Waals surface area contributed by atoms with E-state index in [1.165, 1.54) is 11.3 Å². The number of hydrogen-bond acceptors (Lipinski definition) is 3. The Hall–Kier alpha value is -1.36. The Morgan fingerprint density at radius 3 is 2.68 bits per heavy atom. The van der Waals surface area contributed by atoms with Gasteiger partial charge >= 0.3 is 0 Å². The molecule has 114 valence electrons. The third kappa shape index (κ3) is 2.56. The molecule has 0 aliphatic carbocycles. The maximum absolute atomic E-state index is 12.5. The highest BCUT2D eigenvalue weighted by atomic mass is 35.5. The monoisotopic (exact) mass is 352 g/mol. The van der Waals surface area contributed by atoms with Crippen molar-refractivity contribution >= 4 is 44.8 Å². The molecule has 0 amide bonds. The minimum atomic E-state index is -0.333. The molecule has 6 heteroatoms. The number of rotatable bonds is 2. The summed E-state index contributed by atoms with van der Waals surface area (Å²) in [5, 5.41) is 0.997. The Labute approximate surface area is 141 Å². The maximum atomic E-state index is 12.5. The standard InChI is InChI=1S/C16H14Cl2N2OS/c1-7-6-10(4-5-11(7)18)12-9(3)22-16-13(12)15(21)19-14(20-16)8(2)17/h4-6,8H,1-3H3,(H,19,20,21). The van der Waals surface area contributed by atoms with E-state index in [4.69, 9.17) is 23.2 Å². The minimum absolute atomic E-state index is 0.153. The van der Waals surface area contributed by atoms with Gasteiger partial charge in [-0.1, -0.05) is 17.7 Å². The molecule has 1 aromatic carbocycles. The van der Waals surface area contributed by atoms with Crippen molar-refractivity contribution in [2.45, 2.75) is 26.1 Å². The average Bonchev–Trinajstić information content (AvgIpc) is 2.78. The van der Waals surface area contributed by atoms with Gasteiger partial charge in [0.05, 0.1) is 10.8 Å². The summed E-state index contributed by atoms with van der Waals surface area (Å²) >= 11 is 13.6. The van der Waals surface area contributed by atoms with Crippen molar-refractivity contribution in [3.63, 3.8) is 0 Å². The van der Waals surface area contributed by atoms with Crippen LogP contribution in [0.2, 0.25) is 5.02 Å². The van der Waals surface area contributed by atoms with Gasteiger partial charge in [0.1, 0.15) is 10.7 Å². The molecule has 0 spiro atoms. The summed E-state index contributed by atoms with van der Waals surface area (Å²) in [6.45, 7) is 5.73. The van der Waals surface area contributed by atoms with E-state index in [1.807, 2.05) is 32.0 Å². The summed E-state index contributed by atoms with van der Waals surface area (Å²) in [6, 6.07) is 5.78. The van der Waals surface area contributed by atoms with Gasteiger partial charge in [-0.15, -0.1) is 22.9 Å². The largest absolute Gasteiger partial charge is 0.309 e. The van der Waals surface area contributed by atoms with Crippen LogP contribution in [-0.4, -0.2) is 9.97 Å². The molecule has 1 atom stereocenters. The van der Waals surface area contributed by atoms with Crippen molar-refractivity contribution in [3.05, 3.63) is 49.8 Å². The lowest BCUT2D eigenvalue weighted by atomic mass is 10.0. The lowest BCUT2D eigenvalue weighted by Gasteiger charge is -2.06. The Kier molecular flexibility index (Phi) is 4.02. The van der Waals surface area contributed by atoms with Crippen LogP contribution in [0.5, 0.6) is 0 Å². The highest BCUT2D eigenvalue weighted by molar-refractivity contribution is 7.19. The number of thiophene rings is 1. The number of aromatic nitrogens is 2. The van der Waals surface area contributed by atoms with Gasteiger partial charge in [-0.3, -0.25) is 4.79 Å². The first-order valence-corrected chi connectivity index (χ1v) is 8.45. The minimum Gasteiger partial charge on any atom is -0.309 e. The van der Waals surface area contributed by atoms with Crippen LogP contribution >= 0.6 is 34.5 Å². The molecule has 3 aromatic rings. The highest BCUT2D eigenvalue weighted by Crippen LogP contribution is 2.37. The van der Waals surface area contributed by atoms with Gasteiger partial charge in [0.15, 0.2) is 0 Å². The van der Waals surface area contributed by atoms with Crippen LogP contribution in [0.25, 0.3) is 21.3 Å². The number of aryl methyl sites for hydroxylation is 2. The van der Waals surface area contributed by atoms with Crippen molar-refractivity contribution in [1.82, 2.24) is 9.97 Å². The first kappa shape index (κ1) is 15.5. The van der Waals surface area contributed by atoms with E-state index in [0.29, 0.717) is 21.1 Å². The van der Waals surface area contributed by atoms with E-state index >= 15 is 0 Å². The van der Waals surface area contributed by atoms with E-state index in [2.05, 4.69) is 9.97 Å². The van der Waals surface area contributed by atoms with Crippen LogP contribution in [0.1, 0.15) is 28.6 Å². The summed E-state index contributed by atoms with van der Waals surface area (Å²) in [5.74, 6) is 0.499. The molecule has 22 heavy (non-hydrogen) atoms. The van der Waals surface area contributed by atoms with Gasteiger partial charge in [0.2, 0.25) is 0 Å². The predicted molar refractivity (Wildman–Crippen MR) is 94.4 cm³/mol. The fraction of sp³-hybridized carbons (Fsp3) is 0.250. The fourth-order valence-corrected chi connectivity index (χ4v) is 3.75.